The van der Waals surface area contributed by atoms with E-state index in [1.807, 2.05) is 0 Å². The lowest BCUT2D eigenvalue weighted by molar-refractivity contribution is -0.117. The van der Waals surface area contributed by atoms with Gasteiger partial charge in [0.15, 0.2) is 11.6 Å². The molecule has 1 saturated carbocycles. The van der Waals surface area contributed by atoms with Gasteiger partial charge < -0.3 is 10.0 Å². The van der Waals surface area contributed by atoms with Crippen molar-refractivity contribution in [2.45, 2.75) is 25.7 Å². The molecule has 3 N–H and O–H groups in total. The van der Waals surface area contributed by atoms with E-state index in [0.717, 1.165) is 19.5 Å². The lowest BCUT2D eigenvalue weighted by atomic mass is 9.68. The minimum Gasteiger partial charge on any atom is -0.506 e. The Morgan fingerprint density at radius 3 is 2.66 bits per heavy atom. The fraction of sp³-hybridized carbons (Fsp3) is 0.444. The summed E-state index contributed by atoms with van der Waals surface area (Å²) < 4.78 is 41.7. The minimum atomic E-state index is -4.25. The Bertz CT molecular complexity index is 1110. The highest BCUT2D eigenvalue weighted by Crippen LogP contribution is 2.49. The number of carbonyl (C=O) groups is 1. The Labute approximate surface area is 166 Å². The average molecular weight is 421 g/mol. The number of hydrogen-bond donors (Lipinski definition) is 3. The number of amides is 1. The van der Waals surface area contributed by atoms with Gasteiger partial charge in [0.2, 0.25) is 0 Å². The summed E-state index contributed by atoms with van der Waals surface area (Å²) in [5.41, 5.74) is 0.249. The zero-order valence-corrected chi connectivity index (χ0v) is 16.3. The molecule has 0 atom stereocenters. The molecule has 0 unspecified atom stereocenters. The molecule has 3 heterocycles. The van der Waals surface area contributed by atoms with Crippen molar-refractivity contribution >= 4 is 27.6 Å². The van der Waals surface area contributed by atoms with Crippen LogP contribution < -0.4 is 13.9 Å². The van der Waals surface area contributed by atoms with Gasteiger partial charge in [-0.25, -0.2) is 13.4 Å². The summed E-state index contributed by atoms with van der Waals surface area (Å²) >= 11 is 0. The topological polar surface area (TPSA) is 119 Å². The van der Waals surface area contributed by atoms with Gasteiger partial charge in [-0.2, -0.15) is 13.5 Å². The first-order valence-electron chi connectivity index (χ1n) is 9.44. The van der Waals surface area contributed by atoms with Crippen molar-refractivity contribution in [3.8, 4) is 17.0 Å². The maximum atomic E-state index is 15.2. The van der Waals surface area contributed by atoms with E-state index in [2.05, 4.69) is 15.1 Å². The van der Waals surface area contributed by atoms with Crippen molar-refractivity contribution < 1.29 is 22.7 Å². The summed E-state index contributed by atoms with van der Waals surface area (Å²) in [6, 6.07) is 4.27. The van der Waals surface area contributed by atoms with E-state index < -0.39 is 39.9 Å². The molecule has 29 heavy (non-hydrogen) atoms. The number of hydrogen-bond acceptors (Lipinski definition) is 6. The Kier molecular flexibility index (Phi) is 3.83. The second-order valence-electron chi connectivity index (χ2n) is 8.00. The predicted molar refractivity (Wildman–Crippen MR) is 103 cm³/mol. The second-order valence-corrected chi connectivity index (χ2v) is 9.59. The number of aromatic nitrogens is 2. The standard InChI is InChI=1S/C18H20FN5O4S/c19-16-11(2-3-13(25)17(16)24-9-15(26)22-29(24,27)28)12-8-14(21-20-12)23-7-6-18(10-23)4-1-5-18/h2-3,8,25H,1,4-7,9-10H2,(H,20,21)(H,22,26). The van der Waals surface area contributed by atoms with Crippen LogP contribution in [0, 0.1) is 11.2 Å². The van der Waals surface area contributed by atoms with E-state index in [4.69, 9.17) is 0 Å². The molecule has 1 aromatic carbocycles. The van der Waals surface area contributed by atoms with Crippen molar-refractivity contribution in [3.63, 3.8) is 0 Å². The third kappa shape index (κ3) is 2.83. The highest BCUT2D eigenvalue weighted by Gasteiger charge is 2.43. The number of aromatic amines is 1. The largest absolute Gasteiger partial charge is 0.506 e. The monoisotopic (exact) mass is 421 g/mol. The summed E-state index contributed by atoms with van der Waals surface area (Å²) in [7, 11) is -4.25. The van der Waals surface area contributed by atoms with Crippen LogP contribution in [-0.2, 0) is 15.0 Å². The number of aromatic hydroxyl groups is 1. The molecule has 5 rings (SSSR count). The van der Waals surface area contributed by atoms with Crippen molar-refractivity contribution in [2.24, 2.45) is 5.41 Å². The maximum Gasteiger partial charge on any atom is 0.326 e. The molecule has 154 valence electrons. The highest BCUT2D eigenvalue weighted by molar-refractivity contribution is 7.92. The quantitative estimate of drug-likeness (QED) is 0.691. The molecule has 3 fully saturated rings. The summed E-state index contributed by atoms with van der Waals surface area (Å²) in [6.45, 7) is 1.23. The minimum absolute atomic E-state index is 0.0589. The van der Waals surface area contributed by atoms with Gasteiger partial charge >= 0.3 is 10.2 Å². The number of nitrogens with one attached hydrogen (secondary N) is 2. The van der Waals surface area contributed by atoms with Crippen LogP contribution in [0.1, 0.15) is 25.7 Å². The van der Waals surface area contributed by atoms with Crippen LogP contribution in [0.25, 0.3) is 11.3 Å². The van der Waals surface area contributed by atoms with Crippen molar-refractivity contribution in [3.05, 3.63) is 24.0 Å². The van der Waals surface area contributed by atoms with Gasteiger partial charge in [0.05, 0.1) is 5.69 Å². The molecule has 0 bridgehead atoms. The van der Waals surface area contributed by atoms with Crippen LogP contribution in [0.3, 0.4) is 0 Å². The normalized spacial score (nSPS) is 22.2. The number of nitrogens with zero attached hydrogens (tertiary/aromatic N) is 3. The van der Waals surface area contributed by atoms with E-state index >= 15 is 4.39 Å². The Morgan fingerprint density at radius 1 is 1.24 bits per heavy atom. The zero-order valence-electron chi connectivity index (χ0n) is 15.5. The number of carbonyl (C=O) groups excluding carboxylic acids is 1. The number of phenolic OH excluding ortho intramolecular Hbond substituents is 1. The van der Waals surface area contributed by atoms with E-state index in [0.29, 0.717) is 21.2 Å². The number of benzene rings is 1. The number of phenols is 1. The summed E-state index contributed by atoms with van der Waals surface area (Å²) in [6.07, 6.45) is 4.85. The fourth-order valence-electron chi connectivity index (χ4n) is 4.47. The lowest BCUT2D eigenvalue weighted by Gasteiger charge is -2.37. The first-order chi connectivity index (χ1) is 13.8. The number of rotatable bonds is 3. The SMILES string of the molecule is O=C1CN(c2c(O)ccc(-c3cc(N4CCC5(CCC5)C4)n[nH]3)c2F)S(=O)(=O)N1. The summed E-state index contributed by atoms with van der Waals surface area (Å²) in [5.74, 6) is -1.60. The molecular weight excluding hydrogens is 401 g/mol. The van der Waals surface area contributed by atoms with Gasteiger partial charge in [0, 0.05) is 24.7 Å². The van der Waals surface area contributed by atoms with Gasteiger partial charge in [-0.05, 0) is 36.8 Å². The van der Waals surface area contributed by atoms with Gasteiger partial charge in [0.25, 0.3) is 5.91 Å². The molecule has 2 aliphatic heterocycles. The van der Waals surface area contributed by atoms with Crippen LogP contribution in [0.4, 0.5) is 15.9 Å². The van der Waals surface area contributed by atoms with Crippen molar-refractivity contribution in [1.29, 1.82) is 0 Å². The molecule has 1 aromatic heterocycles. The van der Waals surface area contributed by atoms with E-state index in [-0.39, 0.29) is 5.56 Å². The molecule has 1 aliphatic carbocycles. The molecular formula is C18H20FN5O4S. The molecule has 1 spiro atoms. The summed E-state index contributed by atoms with van der Waals surface area (Å²) in [4.78, 5) is 13.7. The smallest absolute Gasteiger partial charge is 0.326 e. The van der Waals surface area contributed by atoms with Crippen molar-refractivity contribution in [2.75, 3.05) is 28.8 Å². The molecule has 2 saturated heterocycles. The van der Waals surface area contributed by atoms with Crippen LogP contribution in [0.2, 0.25) is 0 Å². The first-order valence-corrected chi connectivity index (χ1v) is 10.9. The third-order valence-electron chi connectivity index (χ3n) is 6.20. The van der Waals surface area contributed by atoms with Gasteiger partial charge in [-0.15, -0.1) is 0 Å². The number of H-pyrrole nitrogens is 1. The van der Waals surface area contributed by atoms with Gasteiger partial charge in [-0.1, -0.05) is 6.42 Å². The van der Waals surface area contributed by atoms with Gasteiger partial charge in [0.1, 0.15) is 18.0 Å². The predicted octanol–water partition coefficient (Wildman–Crippen LogP) is 1.48. The number of anilines is 2. The number of halogens is 1. The second kappa shape index (κ2) is 6.09. The molecule has 3 aliphatic rings. The Balaban J connectivity index is 1.48. The van der Waals surface area contributed by atoms with E-state index in [1.165, 1.54) is 31.4 Å². The van der Waals surface area contributed by atoms with Crippen LogP contribution in [0.5, 0.6) is 5.75 Å². The fourth-order valence-corrected chi connectivity index (χ4v) is 5.64. The Morgan fingerprint density at radius 2 is 2.03 bits per heavy atom. The summed E-state index contributed by atoms with van der Waals surface area (Å²) in [5, 5.41) is 17.2. The van der Waals surface area contributed by atoms with Crippen LogP contribution >= 0.6 is 0 Å². The van der Waals surface area contributed by atoms with Crippen LogP contribution in [0.15, 0.2) is 18.2 Å². The highest BCUT2D eigenvalue weighted by atomic mass is 32.2. The van der Waals surface area contributed by atoms with E-state index in [9.17, 15) is 18.3 Å². The van der Waals surface area contributed by atoms with Crippen LogP contribution in [-0.4, -0.2) is 49.3 Å². The zero-order chi connectivity index (χ0) is 20.4. The molecule has 11 heteroatoms. The molecule has 1 amide bonds. The van der Waals surface area contributed by atoms with Gasteiger partial charge in [-0.3, -0.25) is 9.89 Å². The molecule has 9 nitrogen and oxygen atoms in total. The third-order valence-corrected chi connectivity index (χ3v) is 7.57. The Hall–Kier alpha value is -2.82. The maximum absolute atomic E-state index is 15.2. The molecule has 2 aromatic rings. The van der Waals surface area contributed by atoms with Crippen molar-refractivity contribution in [1.82, 2.24) is 14.9 Å². The lowest BCUT2D eigenvalue weighted by Crippen LogP contribution is -2.33. The average Bonchev–Trinajstić information content (AvgIpc) is 3.32. The first kappa shape index (κ1) is 18.2. The molecule has 0 radical (unpaired) electrons. The van der Waals surface area contributed by atoms with E-state index in [1.54, 1.807) is 10.8 Å².